The van der Waals surface area contributed by atoms with E-state index in [1.165, 1.54) is 167 Å². The van der Waals surface area contributed by atoms with Crippen molar-refractivity contribution in [2.24, 2.45) is 0 Å². The Morgan fingerprint density at radius 1 is 0.323 bits per heavy atom. The largest absolute Gasteiger partial charge is 0.394 e. The summed E-state index contributed by atoms with van der Waals surface area (Å²) in [5.41, 5.74) is 0. The maximum atomic E-state index is 13.7. The smallest absolute Gasteiger partial charge is 0.220 e. The van der Waals surface area contributed by atoms with E-state index in [0.29, 0.717) is 12.8 Å². The highest BCUT2D eigenvalue weighted by molar-refractivity contribution is 5.76. The van der Waals surface area contributed by atoms with Gasteiger partial charge < -0.3 is 184 Å². The molecule has 40 heteroatoms. The second-order valence-corrected chi connectivity index (χ2v) is 36.3. The van der Waals surface area contributed by atoms with Gasteiger partial charge in [-0.15, -0.1) is 0 Å². The summed E-state index contributed by atoms with van der Waals surface area (Å²) in [7, 11) is 0. The molecule has 23 N–H and O–H groups in total. The highest BCUT2D eigenvalue weighted by Crippen LogP contribution is 2.40. The van der Waals surface area contributed by atoms with Gasteiger partial charge >= 0.3 is 0 Å². The number of hydrogen-bond acceptors (Lipinski definition) is 37. The number of amides is 3. The Labute approximate surface area is 764 Å². The summed E-state index contributed by atoms with van der Waals surface area (Å²) in [4.78, 5) is 39.7. The molecule has 0 aromatic heterocycles. The molecule has 7 aliphatic rings. The standard InChI is InChI=1S/C90H163N3O37/c1-6-8-10-12-14-16-18-20-21-22-23-24-25-26-27-28-29-31-33-35-37-39-41-43-62(103)93-54(55(102)42-40-38-36-34-32-30-19-17-15-13-11-9-7-2)50-117-87-73(112)71(110)77(59(47-97)122-87)126-88-74(113)72(111)78(60(48-98)123-88)127-90-76(115)82(130-85-63(91-52(4)100)69(108)66(105)56(44-94)119-85)79(61(49-99)124-90)128-86-64(92-53(5)101)80(67(106)57(45-95)120-86)129-89-75(114)81(68(107)58(46-96)121-89)125-83-70(109)65(104)51(3)118-84(83)116/h40,42,51,54-61,63-90,94-99,102,104-116H,6-39,41,43-50H2,1-5H3,(H,91,100)(H,92,101)(H,93,103)/b42-40+/t51?,54-,55+,56?,57?,58?,59?,60?,61?,63?,64?,65+,66-,67-,68-,69+,70?,71+,72+,73?,74?,75?,76?,77+,78-,79-,80+,81-,82+,83-,84+,85-,86-,87+,88-,89-,90-/m0/s1. The Balaban J connectivity index is 1.00. The number of aliphatic hydroxyl groups excluding tert-OH is 20. The maximum Gasteiger partial charge on any atom is 0.220 e. The predicted molar refractivity (Wildman–Crippen MR) is 462 cm³/mol. The molecule has 130 heavy (non-hydrogen) atoms. The van der Waals surface area contributed by atoms with E-state index in [-0.39, 0.29) is 12.3 Å². The van der Waals surface area contributed by atoms with E-state index < -0.39 is 285 Å². The average molecular weight is 1880 g/mol. The lowest BCUT2D eigenvalue weighted by atomic mass is 9.93. The fourth-order valence-electron chi connectivity index (χ4n) is 18.0. The van der Waals surface area contributed by atoms with Gasteiger partial charge in [0.25, 0.3) is 0 Å². The third-order valence-corrected chi connectivity index (χ3v) is 25.8. The summed E-state index contributed by atoms with van der Waals surface area (Å²) >= 11 is 0. The van der Waals surface area contributed by atoms with E-state index in [1.807, 2.05) is 6.08 Å². The Kier molecular flexibility index (Phi) is 53.6. The molecule has 0 radical (unpaired) electrons. The average Bonchev–Trinajstić information content (AvgIpc) is 0.755. The van der Waals surface area contributed by atoms with Crippen molar-refractivity contribution in [2.75, 3.05) is 46.2 Å². The Morgan fingerprint density at radius 2 is 0.662 bits per heavy atom. The van der Waals surface area contributed by atoms with Crippen LogP contribution in [0.2, 0.25) is 0 Å². The first-order chi connectivity index (χ1) is 62.5. The molecule has 14 unspecified atom stereocenters. The fourth-order valence-corrected chi connectivity index (χ4v) is 18.0. The van der Waals surface area contributed by atoms with Gasteiger partial charge in [0.1, 0.15) is 165 Å². The highest BCUT2D eigenvalue weighted by atomic mass is 16.8. The van der Waals surface area contributed by atoms with Crippen LogP contribution in [0.25, 0.3) is 0 Å². The number of ether oxygens (including phenoxy) is 14. The molecule has 0 spiro atoms. The van der Waals surface area contributed by atoms with Crippen molar-refractivity contribution in [1.29, 1.82) is 0 Å². The van der Waals surface area contributed by atoms with Crippen molar-refractivity contribution in [3.8, 4) is 0 Å². The van der Waals surface area contributed by atoms with Crippen LogP contribution in [0.15, 0.2) is 12.2 Å². The van der Waals surface area contributed by atoms with Gasteiger partial charge in [-0.2, -0.15) is 0 Å². The van der Waals surface area contributed by atoms with Crippen molar-refractivity contribution in [3.05, 3.63) is 12.2 Å². The Bertz CT molecular complexity index is 3060. The minimum atomic E-state index is -2.43. The molecule has 3 amide bonds. The van der Waals surface area contributed by atoms with Crippen molar-refractivity contribution >= 4 is 17.7 Å². The van der Waals surface area contributed by atoms with Crippen LogP contribution in [0.4, 0.5) is 0 Å². The van der Waals surface area contributed by atoms with Gasteiger partial charge in [-0.05, 0) is 26.2 Å². The van der Waals surface area contributed by atoms with Crippen LogP contribution in [0.1, 0.15) is 266 Å². The number of unbranched alkanes of at least 4 members (excludes halogenated alkanes) is 33. The minimum absolute atomic E-state index is 0.161. The van der Waals surface area contributed by atoms with E-state index in [1.54, 1.807) is 6.08 Å². The minimum Gasteiger partial charge on any atom is -0.394 e. The fraction of sp³-hybridized carbons (Fsp3) is 0.944. The summed E-state index contributed by atoms with van der Waals surface area (Å²) in [5, 5.41) is 234. The zero-order valence-electron chi connectivity index (χ0n) is 76.8. The first-order valence-corrected chi connectivity index (χ1v) is 48.3. The summed E-state index contributed by atoms with van der Waals surface area (Å²) in [6.45, 7) is 0.851. The normalized spacial score (nSPS) is 37.3. The molecule has 0 aliphatic carbocycles. The quantitative estimate of drug-likeness (QED) is 0.0271. The summed E-state index contributed by atoms with van der Waals surface area (Å²) in [5.74, 6) is -2.15. The molecule has 7 heterocycles. The third kappa shape index (κ3) is 35.0. The second kappa shape index (κ2) is 61.3. The molecule has 0 bridgehead atoms. The van der Waals surface area contributed by atoms with Crippen LogP contribution < -0.4 is 16.0 Å². The summed E-state index contributed by atoms with van der Waals surface area (Å²) in [6, 6.07) is -4.82. The topological polar surface area (TPSA) is 621 Å². The van der Waals surface area contributed by atoms with Gasteiger partial charge in [0.15, 0.2) is 44.0 Å². The third-order valence-electron chi connectivity index (χ3n) is 25.8. The van der Waals surface area contributed by atoms with E-state index in [2.05, 4.69) is 29.8 Å². The summed E-state index contributed by atoms with van der Waals surface area (Å²) < 4.78 is 83.9. The van der Waals surface area contributed by atoms with Crippen molar-refractivity contribution in [1.82, 2.24) is 16.0 Å². The second-order valence-electron chi connectivity index (χ2n) is 36.3. The van der Waals surface area contributed by atoms with Crippen LogP contribution in [0.5, 0.6) is 0 Å². The van der Waals surface area contributed by atoms with Crippen LogP contribution in [0.3, 0.4) is 0 Å². The number of aliphatic hydroxyl groups is 20. The summed E-state index contributed by atoms with van der Waals surface area (Å²) in [6.07, 6.45) is -21.3. The first kappa shape index (κ1) is 114. The van der Waals surface area contributed by atoms with Crippen molar-refractivity contribution in [2.45, 2.75) is 493 Å². The molecule has 0 aromatic carbocycles. The lowest BCUT2D eigenvalue weighted by Crippen LogP contribution is -2.71. The number of carbonyl (C=O) groups excluding carboxylic acids is 3. The number of carbonyl (C=O) groups is 3. The number of rotatable bonds is 62. The molecule has 40 nitrogen and oxygen atoms in total. The van der Waals surface area contributed by atoms with Crippen molar-refractivity contribution < 1.29 is 183 Å². The molecule has 0 aromatic rings. The van der Waals surface area contributed by atoms with Crippen LogP contribution in [-0.2, 0) is 80.7 Å². The monoisotopic (exact) mass is 1880 g/mol. The molecule has 7 rings (SSSR count). The van der Waals surface area contributed by atoms with Gasteiger partial charge in [0, 0.05) is 20.3 Å². The maximum absolute atomic E-state index is 13.7. The van der Waals surface area contributed by atoms with E-state index in [0.717, 1.165) is 65.2 Å². The molecule has 0 saturated carbocycles. The Hall–Kier alpha value is -3.21. The van der Waals surface area contributed by atoms with E-state index in [9.17, 15) is 117 Å². The van der Waals surface area contributed by atoms with Crippen LogP contribution >= 0.6 is 0 Å². The molecule has 7 aliphatic heterocycles. The number of nitrogens with one attached hydrogen (secondary N) is 3. The molecule has 760 valence electrons. The lowest BCUT2D eigenvalue weighted by molar-refractivity contribution is -0.399. The van der Waals surface area contributed by atoms with Gasteiger partial charge in [0.2, 0.25) is 17.7 Å². The van der Waals surface area contributed by atoms with Gasteiger partial charge in [0.05, 0.1) is 64.5 Å². The Morgan fingerprint density at radius 3 is 1.12 bits per heavy atom. The SMILES string of the molecule is CCCCCCCCCCCCC/C=C/[C@@H](O)[C@H](CO[C@@H]1OC(CO)[C@@H](O[C@@H]2OC(CO)[C@H](O[C@@H]3OC(CO)[C@H](O[C@@H]4OC(CO)[C@H](O)[C@H](O[C@@H]5OC(CO)[C@H](O)[C@H](O[C@H]6C(O)[C@H](O)C(C)O[C@H]6O)C5O)C4NC(C)=O)[C@H](O[C@@H]4OC(CO)[C@H](O)[C@H](O)C4NC(C)=O)C3O)[C@H](O)C2O)[C@H](O)C1O)NC(=O)CCCCCCCCCCCCCCCCCCCCCCCCC. The zero-order chi connectivity index (χ0) is 94.9. The van der Waals surface area contributed by atoms with Crippen LogP contribution in [0, 0.1) is 0 Å². The van der Waals surface area contributed by atoms with Gasteiger partial charge in [-0.3, -0.25) is 14.4 Å². The molecule has 37 atom stereocenters. The highest BCUT2D eigenvalue weighted by Gasteiger charge is 2.60. The molecular formula is C90H163N3O37. The number of allylic oxidation sites excluding steroid dienone is 1. The van der Waals surface area contributed by atoms with Gasteiger partial charge in [-0.1, -0.05) is 231 Å². The van der Waals surface area contributed by atoms with Crippen molar-refractivity contribution in [3.63, 3.8) is 0 Å². The van der Waals surface area contributed by atoms with Crippen LogP contribution in [-0.4, -0.2) is 393 Å². The van der Waals surface area contributed by atoms with E-state index >= 15 is 0 Å². The van der Waals surface area contributed by atoms with E-state index in [4.69, 9.17) is 66.3 Å². The zero-order valence-corrected chi connectivity index (χ0v) is 76.8. The molecule has 7 saturated heterocycles. The predicted octanol–water partition coefficient (Wildman–Crippen LogP) is -0.451. The lowest BCUT2D eigenvalue weighted by Gasteiger charge is -2.52. The molecular weight excluding hydrogens is 1710 g/mol. The van der Waals surface area contributed by atoms with Gasteiger partial charge in [-0.25, -0.2) is 0 Å². The molecule has 7 fully saturated rings. The number of hydrogen-bond donors (Lipinski definition) is 23. The first-order valence-electron chi connectivity index (χ1n) is 48.3.